The van der Waals surface area contributed by atoms with Gasteiger partial charge in [-0.3, -0.25) is 4.79 Å². The van der Waals surface area contributed by atoms with Crippen LogP contribution >= 0.6 is 22.6 Å². The van der Waals surface area contributed by atoms with Crippen LogP contribution in [0.25, 0.3) is 0 Å². The summed E-state index contributed by atoms with van der Waals surface area (Å²) in [5, 5.41) is 8.48. The molecule has 0 unspecified atom stereocenters. The van der Waals surface area contributed by atoms with Gasteiger partial charge in [0.25, 0.3) is 6.43 Å². The van der Waals surface area contributed by atoms with Crippen LogP contribution in [0.4, 0.5) is 8.78 Å². The van der Waals surface area contributed by atoms with Crippen LogP contribution in [-0.4, -0.2) is 11.3 Å². The summed E-state index contributed by atoms with van der Waals surface area (Å²) < 4.78 is 24.9. The molecule has 0 radical (unpaired) electrons. The first-order valence-electron chi connectivity index (χ1n) is 3.44. The van der Waals surface area contributed by atoms with E-state index in [2.05, 4.69) is 4.98 Å². The highest BCUT2D eigenvalue weighted by molar-refractivity contribution is 14.1. The number of rotatable bonds is 2. The van der Waals surface area contributed by atoms with Gasteiger partial charge in [0.05, 0.1) is 5.56 Å². The average Bonchev–Trinajstić information content (AvgIpc) is 2.16. The van der Waals surface area contributed by atoms with E-state index in [9.17, 15) is 13.6 Å². The van der Waals surface area contributed by atoms with E-state index in [0.717, 1.165) is 6.07 Å². The number of hydrogen-bond acceptors (Lipinski definition) is 3. The number of halogens is 3. The molecule has 0 N–H and O–H groups in total. The van der Waals surface area contributed by atoms with Crippen molar-refractivity contribution in [3.8, 4) is 6.07 Å². The first-order valence-corrected chi connectivity index (χ1v) is 4.52. The fourth-order valence-electron chi connectivity index (χ4n) is 0.897. The molecule has 14 heavy (non-hydrogen) atoms. The van der Waals surface area contributed by atoms with Crippen LogP contribution in [0.5, 0.6) is 0 Å². The summed E-state index contributed by atoms with van der Waals surface area (Å²) >= 11 is 1.64. The molecule has 1 aromatic heterocycles. The Morgan fingerprint density at radius 3 is 2.71 bits per heavy atom. The van der Waals surface area contributed by atoms with Crippen molar-refractivity contribution in [2.45, 2.75) is 6.43 Å². The van der Waals surface area contributed by atoms with Crippen LogP contribution in [0.1, 0.15) is 28.0 Å². The molecule has 72 valence electrons. The van der Waals surface area contributed by atoms with Gasteiger partial charge in [0, 0.05) is 5.56 Å². The molecule has 0 spiro atoms. The van der Waals surface area contributed by atoms with Crippen LogP contribution < -0.4 is 0 Å². The summed E-state index contributed by atoms with van der Waals surface area (Å²) in [5.41, 5.74) is -0.717. The maximum Gasteiger partial charge on any atom is 0.264 e. The maximum absolute atomic E-state index is 12.4. The van der Waals surface area contributed by atoms with Gasteiger partial charge < -0.3 is 0 Å². The molecule has 0 bridgehead atoms. The molecule has 6 heteroatoms. The van der Waals surface area contributed by atoms with E-state index < -0.39 is 12.0 Å². The number of pyridine rings is 1. The Labute approximate surface area is 91.9 Å². The van der Waals surface area contributed by atoms with Crippen molar-refractivity contribution in [2.24, 2.45) is 0 Å². The third kappa shape index (κ3) is 2.04. The molecule has 3 nitrogen and oxygen atoms in total. The molecule has 0 aliphatic rings. The fraction of sp³-hybridized carbons (Fsp3) is 0.125. The van der Waals surface area contributed by atoms with Gasteiger partial charge in [-0.1, -0.05) is 0 Å². The zero-order valence-electron chi connectivity index (χ0n) is 6.67. The smallest absolute Gasteiger partial charge is 0.264 e. The van der Waals surface area contributed by atoms with Crippen LogP contribution in [0.2, 0.25) is 0 Å². The van der Waals surface area contributed by atoms with Gasteiger partial charge in [0.1, 0.15) is 15.5 Å². The Balaban J connectivity index is 3.45. The van der Waals surface area contributed by atoms with E-state index in [0.29, 0.717) is 6.29 Å². The predicted octanol–water partition coefficient (Wildman–Crippen LogP) is 2.31. The molecule has 0 saturated heterocycles. The highest BCUT2D eigenvalue weighted by Crippen LogP contribution is 2.25. The lowest BCUT2D eigenvalue weighted by Gasteiger charge is -2.04. The summed E-state index contributed by atoms with van der Waals surface area (Å²) in [6, 6.07) is 2.58. The second kappa shape index (κ2) is 4.41. The first-order chi connectivity index (χ1) is 6.60. The number of carbonyl (C=O) groups excluding carboxylic acids is 1. The number of aldehydes is 1. The zero-order valence-corrected chi connectivity index (χ0v) is 8.83. The normalized spacial score (nSPS) is 9.93. The van der Waals surface area contributed by atoms with Crippen LogP contribution in [0.3, 0.4) is 0 Å². The summed E-state index contributed by atoms with van der Waals surface area (Å²) in [5.74, 6) is 0. The SMILES string of the molecule is N#Cc1cc(C(F)F)c(C=O)c(I)n1. The molecule has 0 atom stereocenters. The van der Waals surface area contributed by atoms with E-state index in [-0.39, 0.29) is 15.0 Å². The van der Waals surface area contributed by atoms with Crippen molar-refractivity contribution in [1.29, 1.82) is 5.26 Å². The summed E-state index contributed by atoms with van der Waals surface area (Å²) in [6.45, 7) is 0. The van der Waals surface area contributed by atoms with Gasteiger partial charge in [0.2, 0.25) is 0 Å². The molecule has 1 rings (SSSR count). The Morgan fingerprint density at radius 2 is 2.29 bits per heavy atom. The number of carbonyl (C=O) groups is 1. The van der Waals surface area contributed by atoms with Gasteiger partial charge >= 0.3 is 0 Å². The maximum atomic E-state index is 12.4. The minimum atomic E-state index is -2.78. The average molecular weight is 308 g/mol. The second-order valence-electron chi connectivity index (χ2n) is 2.33. The molecular weight excluding hydrogens is 305 g/mol. The molecule has 0 fully saturated rings. The Morgan fingerprint density at radius 1 is 1.64 bits per heavy atom. The summed E-state index contributed by atoms with van der Waals surface area (Å²) in [4.78, 5) is 14.2. The third-order valence-corrected chi connectivity index (χ3v) is 2.33. The molecule has 0 aliphatic carbocycles. The minimum Gasteiger partial charge on any atom is -0.298 e. The van der Waals surface area contributed by atoms with Crippen LogP contribution in [0, 0.1) is 15.0 Å². The third-order valence-electron chi connectivity index (χ3n) is 1.51. The number of nitrogens with zero attached hydrogens (tertiary/aromatic N) is 2. The molecule has 1 heterocycles. The lowest BCUT2D eigenvalue weighted by atomic mass is 10.1. The quantitative estimate of drug-likeness (QED) is 0.478. The largest absolute Gasteiger partial charge is 0.298 e. The highest BCUT2D eigenvalue weighted by atomic mass is 127. The van der Waals surface area contributed by atoms with Gasteiger partial charge in [-0.25, -0.2) is 13.8 Å². The molecule has 0 aliphatic heterocycles. The summed E-state index contributed by atoms with van der Waals surface area (Å²) in [7, 11) is 0. The zero-order chi connectivity index (χ0) is 10.7. The second-order valence-corrected chi connectivity index (χ2v) is 3.35. The highest BCUT2D eigenvalue weighted by Gasteiger charge is 2.17. The molecular formula is C8H3F2IN2O. The van der Waals surface area contributed by atoms with Crippen LogP contribution in [-0.2, 0) is 0 Å². The molecule has 1 aromatic rings. The van der Waals surface area contributed by atoms with E-state index in [1.807, 2.05) is 0 Å². The standard InChI is InChI=1S/C8H3F2IN2O/c9-7(10)5-1-4(2-12)13-8(11)6(5)3-14/h1,3,7H. The fourth-order valence-corrected chi connectivity index (χ4v) is 1.60. The van der Waals surface area contributed by atoms with Crippen LogP contribution in [0.15, 0.2) is 6.07 Å². The molecule has 0 amide bonds. The Hall–Kier alpha value is -1.10. The number of aromatic nitrogens is 1. The predicted molar refractivity (Wildman–Crippen MR) is 52.0 cm³/mol. The Bertz CT molecular complexity index is 415. The van der Waals surface area contributed by atoms with Gasteiger partial charge in [0.15, 0.2) is 6.29 Å². The van der Waals surface area contributed by atoms with Crippen molar-refractivity contribution < 1.29 is 13.6 Å². The first kappa shape index (κ1) is 11.0. The lowest BCUT2D eigenvalue weighted by Crippen LogP contribution is -2.01. The van der Waals surface area contributed by atoms with Crippen molar-refractivity contribution in [3.63, 3.8) is 0 Å². The van der Waals surface area contributed by atoms with Crippen molar-refractivity contribution in [1.82, 2.24) is 4.98 Å². The topological polar surface area (TPSA) is 53.8 Å². The van der Waals surface area contributed by atoms with Crippen molar-refractivity contribution in [3.05, 3.63) is 26.6 Å². The van der Waals surface area contributed by atoms with Gasteiger partial charge in [-0.15, -0.1) is 0 Å². The number of hydrogen-bond donors (Lipinski definition) is 0. The minimum absolute atomic E-state index is 0.115. The van der Waals surface area contributed by atoms with Gasteiger partial charge in [-0.05, 0) is 28.7 Å². The van der Waals surface area contributed by atoms with E-state index >= 15 is 0 Å². The van der Waals surface area contributed by atoms with E-state index in [4.69, 9.17) is 5.26 Å². The monoisotopic (exact) mass is 308 g/mol. The number of alkyl halides is 2. The lowest BCUT2D eigenvalue weighted by molar-refractivity contribution is 0.110. The van der Waals surface area contributed by atoms with Crippen molar-refractivity contribution >= 4 is 28.9 Å². The molecule has 0 saturated carbocycles. The number of nitriles is 1. The Kier molecular flexibility index (Phi) is 3.46. The molecule has 0 aromatic carbocycles. The van der Waals surface area contributed by atoms with E-state index in [1.165, 1.54) is 0 Å². The summed E-state index contributed by atoms with van der Waals surface area (Å²) in [6.07, 6.45) is -2.46. The van der Waals surface area contributed by atoms with Gasteiger partial charge in [-0.2, -0.15) is 5.26 Å². The van der Waals surface area contributed by atoms with E-state index in [1.54, 1.807) is 28.7 Å². The van der Waals surface area contributed by atoms with Crippen molar-refractivity contribution in [2.75, 3.05) is 0 Å².